The van der Waals surface area contributed by atoms with Gasteiger partial charge in [-0.2, -0.15) is 0 Å². The Kier molecular flexibility index (Phi) is 5.88. The number of hydrogen-bond acceptors (Lipinski definition) is 4. The molecule has 1 heterocycles. The SMILES string of the molecule is CC(C)c1ccc(COc2ccc(-c3nocc3N)cc2)cc1.Cl. The Morgan fingerprint density at radius 2 is 1.71 bits per heavy atom. The third-order valence-corrected chi connectivity index (χ3v) is 3.78. The van der Waals surface area contributed by atoms with Gasteiger partial charge in [-0.3, -0.25) is 0 Å². The highest BCUT2D eigenvalue weighted by Crippen LogP contribution is 2.26. The number of ether oxygens (including phenoxy) is 1. The second-order valence-electron chi connectivity index (χ2n) is 5.83. The minimum Gasteiger partial charge on any atom is -0.489 e. The van der Waals surface area contributed by atoms with Gasteiger partial charge >= 0.3 is 0 Å². The van der Waals surface area contributed by atoms with Gasteiger partial charge in [0.05, 0.1) is 0 Å². The Morgan fingerprint density at radius 1 is 1.04 bits per heavy atom. The van der Waals surface area contributed by atoms with Crippen molar-refractivity contribution in [3.63, 3.8) is 0 Å². The number of benzene rings is 2. The van der Waals surface area contributed by atoms with E-state index in [1.807, 2.05) is 24.3 Å². The van der Waals surface area contributed by atoms with Crippen LogP contribution in [0.1, 0.15) is 30.9 Å². The Bertz CT molecular complexity index is 765. The lowest BCUT2D eigenvalue weighted by molar-refractivity contribution is 0.306. The van der Waals surface area contributed by atoms with Crippen LogP contribution in [-0.2, 0) is 6.61 Å². The van der Waals surface area contributed by atoms with Gasteiger partial charge in [-0.15, -0.1) is 12.4 Å². The summed E-state index contributed by atoms with van der Waals surface area (Å²) in [6.45, 7) is 4.92. The summed E-state index contributed by atoms with van der Waals surface area (Å²) in [4.78, 5) is 0. The third-order valence-electron chi connectivity index (χ3n) is 3.78. The van der Waals surface area contributed by atoms with E-state index in [2.05, 4.69) is 43.3 Å². The van der Waals surface area contributed by atoms with Crippen LogP contribution in [0.2, 0.25) is 0 Å². The van der Waals surface area contributed by atoms with E-state index >= 15 is 0 Å². The molecule has 0 saturated heterocycles. The van der Waals surface area contributed by atoms with Crippen molar-refractivity contribution in [2.45, 2.75) is 26.4 Å². The molecule has 0 amide bonds. The van der Waals surface area contributed by atoms with Crippen molar-refractivity contribution in [1.82, 2.24) is 5.16 Å². The van der Waals surface area contributed by atoms with Crippen LogP contribution in [0, 0.1) is 0 Å². The maximum absolute atomic E-state index is 5.82. The molecule has 0 aliphatic heterocycles. The molecule has 0 aliphatic rings. The number of aromatic nitrogens is 1. The predicted octanol–water partition coefficient (Wildman–Crippen LogP) is 5.05. The van der Waals surface area contributed by atoms with Gasteiger partial charge in [-0.25, -0.2) is 0 Å². The van der Waals surface area contributed by atoms with E-state index in [4.69, 9.17) is 15.0 Å². The fraction of sp³-hybridized carbons (Fsp3) is 0.211. The van der Waals surface area contributed by atoms with Crippen LogP contribution in [0.3, 0.4) is 0 Å². The van der Waals surface area contributed by atoms with E-state index in [0.717, 1.165) is 16.9 Å². The van der Waals surface area contributed by atoms with Crippen LogP contribution >= 0.6 is 12.4 Å². The first kappa shape index (κ1) is 17.9. The number of hydrogen-bond donors (Lipinski definition) is 1. The summed E-state index contributed by atoms with van der Waals surface area (Å²) in [6, 6.07) is 16.2. The maximum atomic E-state index is 5.82. The molecule has 0 atom stereocenters. The number of rotatable bonds is 5. The van der Waals surface area contributed by atoms with Crippen molar-refractivity contribution in [3.05, 3.63) is 65.9 Å². The molecule has 0 fully saturated rings. The van der Waals surface area contributed by atoms with Gasteiger partial charge < -0.3 is 15.0 Å². The van der Waals surface area contributed by atoms with Gasteiger partial charge in [-0.1, -0.05) is 43.3 Å². The first-order valence-electron chi connectivity index (χ1n) is 7.65. The summed E-state index contributed by atoms with van der Waals surface area (Å²) in [7, 11) is 0. The van der Waals surface area contributed by atoms with Crippen molar-refractivity contribution in [2.75, 3.05) is 5.73 Å². The molecule has 0 unspecified atom stereocenters. The molecule has 4 nitrogen and oxygen atoms in total. The Hall–Kier alpha value is -2.46. The monoisotopic (exact) mass is 344 g/mol. The normalized spacial score (nSPS) is 10.5. The fourth-order valence-electron chi connectivity index (χ4n) is 2.34. The summed E-state index contributed by atoms with van der Waals surface area (Å²) in [5.41, 5.74) is 10.4. The van der Waals surface area contributed by atoms with Crippen molar-refractivity contribution in [1.29, 1.82) is 0 Å². The standard InChI is InChI=1S/C19H20N2O2.ClH/c1-13(2)15-5-3-14(4-6-15)11-22-17-9-7-16(8-10-17)19-18(20)12-23-21-19;/h3-10,12-13H,11,20H2,1-2H3;1H. The Labute approximate surface area is 148 Å². The first-order valence-corrected chi connectivity index (χ1v) is 7.65. The van der Waals surface area contributed by atoms with Crippen molar-refractivity contribution < 1.29 is 9.26 Å². The van der Waals surface area contributed by atoms with Crippen LogP contribution in [0.4, 0.5) is 5.69 Å². The summed E-state index contributed by atoms with van der Waals surface area (Å²) < 4.78 is 10.7. The summed E-state index contributed by atoms with van der Waals surface area (Å²) in [6.07, 6.45) is 1.43. The smallest absolute Gasteiger partial charge is 0.147 e. The topological polar surface area (TPSA) is 61.3 Å². The van der Waals surface area contributed by atoms with Crippen molar-refractivity contribution in [3.8, 4) is 17.0 Å². The molecule has 2 aromatic carbocycles. The van der Waals surface area contributed by atoms with E-state index < -0.39 is 0 Å². The van der Waals surface area contributed by atoms with E-state index in [-0.39, 0.29) is 12.4 Å². The predicted molar refractivity (Wildman–Crippen MR) is 98.5 cm³/mol. The van der Waals surface area contributed by atoms with E-state index in [1.54, 1.807) is 0 Å². The number of halogens is 1. The Morgan fingerprint density at radius 3 is 2.25 bits per heavy atom. The molecule has 5 heteroatoms. The summed E-state index contributed by atoms with van der Waals surface area (Å²) in [5, 5.41) is 3.89. The average Bonchev–Trinajstić information content (AvgIpc) is 3.00. The number of nitrogens with zero attached hydrogens (tertiary/aromatic N) is 1. The van der Waals surface area contributed by atoms with Crippen LogP contribution < -0.4 is 10.5 Å². The molecule has 3 aromatic rings. The zero-order chi connectivity index (χ0) is 16.2. The van der Waals surface area contributed by atoms with Crippen molar-refractivity contribution in [2.24, 2.45) is 0 Å². The molecule has 24 heavy (non-hydrogen) atoms. The quantitative estimate of drug-likeness (QED) is 0.703. The highest BCUT2D eigenvalue weighted by atomic mass is 35.5. The van der Waals surface area contributed by atoms with Crippen LogP contribution in [0.15, 0.2) is 59.3 Å². The highest BCUT2D eigenvalue weighted by molar-refractivity contribution is 5.85. The maximum Gasteiger partial charge on any atom is 0.147 e. The zero-order valence-electron chi connectivity index (χ0n) is 13.7. The van der Waals surface area contributed by atoms with E-state index in [1.165, 1.54) is 11.8 Å². The molecule has 0 aliphatic carbocycles. The molecular formula is C19H21ClN2O2. The second-order valence-corrected chi connectivity index (χ2v) is 5.83. The molecule has 0 spiro atoms. The van der Waals surface area contributed by atoms with Gasteiger partial charge in [0.25, 0.3) is 0 Å². The number of anilines is 1. The number of nitrogens with two attached hydrogens (primary N) is 1. The first-order chi connectivity index (χ1) is 11.1. The van der Waals surface area contributed by atoms with Crippen LogP contribution in [0.25, 0.3) is 11.3 Å². The molecule has 0 radical (unpaired) electrons. The van der Waals surface area contributed by atoms with Crippen molar-refractivity contribution >= 4 is 18.1 Å². The van der Waals surface area contributed by atoms with Crippen LogP contribution in [0.5, 0.6) is 5.75 Å². The lowest BCUT2D eigenvalue weighted by Gasteiger charge is -2.09. The van der Waals surface area contributed by atoms with Crippen LogP contribution in [-0.4, -0.2) is 5.16 Å². The molecule has 1 aromatic heterocycles. The zero-order valence-corrected chi connectivity index (χ0v) is 14.5. The molecule has 0 bridgehead atoms. The molecule has 2 N–H and O–H groups in total. The largest absolute Gasteiger partial charge is 0.489 e. The lowest BCUT2D eigenvalue weighted by atomic mass is 10.0. The average molecular weight is 345 g/mol. The van der Waals surface area contributed by atoms with Gasteiger partial charge in [0.15, 0.2) is 0 Å². The second kappa shape index (κ2) is 7.88. The summed E-state index contributed by atoms with van der Waals surface area (Å²) in [5.74, 6) is 1.35. The molecule has 126 valence electrons. The van der Waals surface area contributed by atoms with Gasteiger partial charge in [0, 0.05) is 5.56 Å². The van der Waals surface area contributed by atoms with Gasteiger partial charge in [0.1, 0.15) is 30.0 Å². The Balaban J connectivity index is 0.00000208. The fourth-order valence-corrected chi connectivity index (χ4v) is 2.34. The van der Waals surface area contributed by atoms with Gasteiger partial charge in [0.2, 0.25) is 0 Å². The molecule has 0 saturated carbocycles. The molecular weight excluding hydrogens is 324 g/mol. The van der Waals surface area contributed by atoms with E-state index in [9.17, 15) is 0 Å². The minimum absolute atomic E-state index is 0. The highest BCUT2D eigenvalue weighted by Gasteiger charge is 2.07. The lowest BCUT2D eigenvalue weighted by Crippen LogP contribution is -1.96. The third kappa shape index (κ3) is 4.09. The van der Waals surface area contributed by atoms with Gasteiger partial charge in [-0.05, 0) is 41.3 Å². The van der Waals surface area contributed by atoms with E-state index in [0.29, 0.717) is 23.9 Å². The molecule has 3 rings (SSSR count). The summed E-state index contributed by atoms with van der Waals surface area (Å²) >= 11 is 0. The number of nitrogen functional groups attached to an aromatic ring is 1. The minimum atomic E-state index is 0.